The standard InChI is InChI=1S/C17H10F8O/c1-7-2-8(4-9(18)3-7)5-10(26)6-11-13(19)15(21)12(17(23,24)25)16(22)14(11)20/h2-4H,5-6H2,1H3. The van der Waals surface area contributed by atoms with Crippen LogP contribution in [0, 0.1) is 36.0 Å². The van der Waals surface area contributed by atoms with Gasteiger partial charge in [-0.3, -0.25) is 4.79 Å². The first-order chi connectivity index (χ1) is 11.9. The van der Waals surface area contributed by atoms with Crippen LogP contribution in [0.5, 0.6) is 0 Å². The number of halogens is 8. The molecule has 0 aliphatic rings. The van der Waals surface area contributed by atoms with E-state index in [1.165, 1.54) is 13.0 Å². The zero-order valence-corrected chi connectivity index (χ0v) is 13.1. The van der Waals surface area contributed by atoms with Crippen molar-refractivity contribution in [3.05, 3.63) is 69.5 Å². The fraction of sp³-hybridized carbons (Fsp3) is 0.235. The molecule has 0 unspecified atom stereocenters. The van der Waals surface area contributed by atoms with Crippen LogP contribution in [-0.4, -0.2) is 5.78 Å². The minimum Gasteiger partial charge on any atom is -0.299 e. The van der Waals surface area contributed by atoms with Gasteiger partial charge in [-0.05, 0) is 30.2 Å². The van der Waals surface area contributed by atoms with Crippen molar-refractivity contribution in [3.8, 4) is 0 Å². The average Bonchev–Trinajstić information content (AvgIpc) is 2.47. The minimum absolute atomic E-state index is 0.140. The Bertz CT molecular complexity index is 821. The first-order valence-corrected chi connectivity index (χ1v) is 7.11. The summed E-state index contributed by atoms with van der Waals surface area (Å²) in [6, 6.07) is 3.54. The fourth-order valence-electron chi connectivity index (χ4n) is 2.48. The van der Waals surface area contributed by atoms with Gasteiger partial charge >= 0.3 is 6.18 Å². The smallest absolute Gasteiger partial charge is 0.299 e. The van der Waals surface area contributed by atoms with E-state index < -0.39 is 65.0 Å². The SMILES string of the molecule is Cc1cc(F)cc(CC(=O)Cc2c(F)c(F)c(C(F)(F)F)c(F)c2F)c1. The van der Waals surface area contributed by atoms with E-state index in [1.807, 2.05) is 0 Å². The number of carbonyl (C=O) groups is 1. The number of Topliss-reactive ketones (excluding diaryl/α,β-unsaturated/α-hetero) is 1. The Labute approximate surface area is 142 Å². The number of alkyl halides is 3. The summed E-state index contributed by atoms with van der Waals surface area (Å²) in [6.07, 6.45) is -7.38. The van der Waals surface area contributed by atoms with Gasteiger partial charge in [-0.25, -0.2) is 22.0 Å². The Morgan fingerprint density at radius 3 is 1.85 bits per heavy atom. The molecule has 0 radical (unpaired) electrons. The number of ketones is 1. The van der Waals surface area contributed by atoms with Crippen molar-refractivity contribution in [1.82, 2.24) is 0 Å². The highest BCUT2D eigenvalue weighted by Crippen LogP contribution is 2.37. The van der Waals surface area contributed by atoms with Gasteiger partial charge in [-0.2, -0.15) is 13.2 Å². The molecule has 0 atom stereocenters. The molecule has 9 heteroatoms. The molecule has 0 heterocycles. The highest BCUT2D eigenvalue weighted by Gasteiger charge is 2.42. The van der Waals surface area contributed by atoms with Crippen LogP contribution in [0.15, 0.2) is 18.2 Å². The summed E-state index contributed by atoms with van der Waals surface area (Å²) >= 11 is 0. The molecular weight excluding hydrogens is 372 g/mol. The van der Waals surface area contributed by atoms with Crippen molar-refractivity contribution < 1.29 is 39.9 Å². The third-order valence-electron chi connectivity index (χ3n) is 3.51. The van der Waals surface area contributed by atoms with Crippen molar-refractivity contribution in [2.24, 2.45) is 0 Å². The van der Waals surface area contributed by atoms with Crippen LogP contribution in [0.3, 0.4) is 0 Å². The maximum atomic E-state index is 13.8. The number of aryl methyl sites for hydroxylation is 1. The first-order valence-electron chi connectivity index (χ1n) is 7.11. The van der Waals surface area contributed by atoms with Crippen molar-refractivity contribution in [2.45, 2.75) is 25.9 Å². The number of carbonyl (C=O) groups excluding carboxylic acids is 1. The van der Waals surface area contributed by atoms with E-state index in [0.717, 1.165) is 12.1 Å². The summed E-state index contributed by atoms with van der Waals surface area (Å²) in [6.45, 7) is 1.52. The Morgan fingerprint density at radius 1 is 0.846 bits per heavy atom. The molecule has 2 aromatic rings. The van der Waals surface area contributed by atoms with Gasteiger partial charge in [0.1, 0.15) is 17.2 Å². The molecule has 0 fully saturated rings. The second kappa shape index (κ2) is 7.05. The zero-order chi connectivity index (χ0) is 19.8. The largest absolute Gasteiger partial charge is 0.422 e. The molecule has 0 saturated heterocycles. The van der Waals surface area contributed by atoms with Gasteiger partial charge in [0.05, 0.1) is 0 Å². The first kappa shape index (κ1) is 19.9. The van der Waals surface area contributed by atoms with E-state index in [1.54, 1.807) is 0 Å². The van der Waals surface area contributed by atoms with Crippen molar-refractivity contribution >= 4 is 5.78 Å². The second-order valence-electron chi connectivity index (χ2n) is 5.64. The lowest BCUT2D eigenvalue weighted by atomic mass is 9.99. The van der Waals surface area contributed by atoms with Crippen LogP contribution < -0.4 is 0 Å². The predicted octanol–water partition coefficient (Wildman–Crippen LogP) is 5.06. The van der Waals surface area contributed by atoms with E-state index in [0.29, 0.717) is 5.56 Å². The molecule has 0 aromatic heterocycles. The molecule has 140 valence electrons. The average molecular weight is 382 g/mol. The normalized spacial score (nSPS) is 11.7. The maximum Gasteiger partial charge on any atom is 0.422 e. The lowest BCUT2D eigenvalue weighted by Gasteiger charge is -2.14. The third-order valence-corrected chi connectivity index (χ3v) is 3.51. The van der Waals surface area contributed by atoms with E-state index in [-0.39, 0.29) is 5.56 Å². The van der Waals surface area contributed by atoms with Crippen LogP contribution in [0.4, 0.5) is 35.1 Å². The second-order valence-corrected chi connectivity index (χ2v) is 5.64. The van der Waals surface area contributed by atoms with Gasteiger partial charge in [-0.1, -0.05) is 6.07 Å². The number of rotatable bonds is 4. The number of hydrogen-bond donors (Lipinski definition) is 0. The summed E-state index contributed by atoms with van der Waals surface area (Å²) in [7, 11) is 0. The summed E-state index contributed by atoms with van der Waals surface area (Å²) in [4.78, 5) is 11.9. The Hall–Kier alpha value is -2.45. The van der Waals surface area contributed by atoms with Gasteiger partial charge in [0.15, 0.2) is 23.3 Å². The van der Waals surface area contributed by atoms with Crippen LogP contribution in [0.2, 0.25) is 0 Å². The molecular formula is C17H10F8O. The van der Waals surface area contributed by atoms with Crippen molar-refractivity contribution in [2.75, 3.05) is 0 Å². The Morgan fingerprint density at radius 2 is 1.38 bits per heavy atom. The highest BCUT2D eigenvalue weighted by molar-refractivity contribution is 5.83. The summed E-state index contributed by atoms with van der Waals surface area (Å²) in [5.74, 6) is -11.5. The third kappa shape index (κ3) is 4.03. The van der Waals surface area contributed by atoms with Gasteiger partial charge < -0.3 is 0 Å². The highest BCUT2D eigenvalue weighted by atomic mass is 19.4. The lowest BCUT2D eigenvalue weighted by Crippen LogP contribution is -2.19. The zero-order valence-electron chi connectivity index (χ0n) is 13.1. The van der Waals surface area contributed by atoms with E-state index in [4.69, 9.17) is 0 Å². The van der Waals surface area contributed by atoms with Gasteiger partial charge in [-0.15, -0.1) is 0 Å². The summed E-state index contributed by atoms with van der Waals surface area (Å²) < 4.78 is 105. The number of hydrogen-bond acceptors (Lipinski definition) is 1. The van der Waals surface area contributed by atoms with Gasteiger partial charge in [0.25, 0.3) is 0 Å². The maximum absolute atomic E-state index is 13.8. The Balaban J connectivity index is 2.36. The topological polar surface area (TPSA) is 17.1 Å². The van der Waals surface area contributed by atoms with Crippen LogP contribution in [0.25, 0.3) is 0 Å². The molecule has 0 amide bonds. The molecule has 0 spiro atoms. The quantitative estimate of drug-likeness (QED) is 0.534. The lowest BCUT2D eigenvalue weighted by molar-refractivity contribution is -0.143. The van der Waals surface area contributed by atoms with Crippen molar-refractivity contribution in [3.63, 3.8) is 0 Å². The molecule has 0 bridgehead atoms. The van der Waals surface area contributed by atoms with Gasteiger partial charge in [0.2, 0.25) is 0 Å². The van der Waals surface area contributed by atoms with Crippen LogP contribution in [0.1, 0.15) is 22.3 Å². The number of benzene rings is 2. The fourth-order valence-corrected chi connectivity index (χ4v) is 2.48. The molecule has 26 heavy (non-hydrogen) atoms. The molecule has 0 N–H and O–H groups in total. The summed E-state index contributed by atoms with van der Waals surface area (Å²) in [5, 5.41) is 0. The van der Waals surface area contributed by atoms with E-state index in [9.17, 15) is 39.9 Å². The predicted molar refractivity (Wildman–Crippen MR) is 74.8 cm³/mol. The molecule has 1 nitrogen and oxygen atoms in total. The Kier molecular flexibility index (Phi) is 5.39. The van der Waals surface area contributed by atoms with E-state index in [2.05, 4.69) is 0 Å². The molecule has 0 saturated carbocycles. The molecule has 0 aliphatic heterocycles. The summed E-state index contributed by atoms with van der Waals surface area (Å²) in [5.41, 5.74) is -3.56. The van der Waals surface area contributed by atoms with Crippen LogP contribution >= 0.6 is 0 Å². The molecule has 2 rings (SSSR count). The molecule has 0 aliphatic carbocycles. The minimum atomic E-state index is -5.66. The molecule has 2 aromatic carbocycles. The monoisotopic (exact) mass is 382 g/mol. The van der Waals surface area contributed by atoms with Crippen LogP contribution in [-0.2, 0) is 23.8 Å². The van der Waals surface area contributed by atoms with Gasteiger partial charge in [0, 0.05) is 18.4 Å². The van der Waals surface area contributed by atoms with Crippen molar-refractivity contribution in [1.29, 1.82) is 0 Å². The van der Waals surface area contributed by atoms with E-state index >= 15 is 0 Å².